The second kappa shape index (κ2) is 32.9. The van der Waals surface area contributed by atoms with Gasteiger partial charge in [-0.05, 0) is 81.8 Å². The van der Waals surface area contributed by atoms with Crippen molar-refractivity contribution in [1.29, 1.82) is 0 Å². The lowest BCUT2D eigenvalue weighted by molar-refractivity contribution is -0.142. The van der Waals surface area contributed by atoms with Crippen molar-refractivity contribution < 1.29 is 64.5 Å². The predicted molar refractivity (Wildman–Crippen MR) is 371 cm³/mol. The standard InChI is InChI=1S/C25H21F3N8O4S.C24H23F3N8O4.C9H16N2.C7H6N4S/c1-12-5-19(25(26,27)28)34-36(12)21-18(13-6-17(22(39-4)29-10-13)20-32-24(41)40-35-20)11-30-23(33-21)31-14-7-15(37-2)9-16(8-14)38-3;1-12-5-19(24(25,26)27)33-35(12)21-18(13-6-17(20(28)34-36)22(39-4)29-10-13)11-30-23(32-21)31-14-7-15(37-2)9-16(8-14)38-3;1-2-5-9-10-6-4-8-11(9)7-3-1;12-7(10-3-1-8-5-10)11-4-2-9-6-11/h5-11H,1-4H3,(H,30,31,33)(H,32,35,41);5-11,36H,1-4H3,(H2,28,34)(H,30,31,32);1-8H2;1-6H. The minimum absolute atomic E-state index is 0.00721. The topological polar surface area (TPSA) is 344 Å². The van der Waals surface area contributed by atoms with E-state index in [4.69, 9.17) is 63.1 Å². The molecule has 0 spiro atoms. The Morgan fingerprint density at radius 3 is 1.53 bits per heavy atom. The van der Waals surface area contributed by atoms with Crippen LogP contribution < -0.4 is 44.8 Å². The van der Waals surface area contributed by atoms with E-state index in [2.05, 4.69) is 85.9 Å². The van der Waals surface area contributed by atoms with Crippen LogP contribution in [0, 0.1) is 18.7 Å². The molecule has 2 aliphatic heterocycles. The molecule has 6 N–H and O–H groups in total. The molecule has 38 heteroatoms. The first-order valence-corrected chi connectivity index (χ1v) is 31.8. The minimum Gasteiger partial charge on any atom is -0.497 e. The zero-order valence-electron chi connectivity index (χ0n) is 56.2. The zero-order chi connectivity index (χ0) is 73.5. The minimum atomic E-state index is -4.68. The third kappa shape index (κ3) is 18.1. The molecule has 2 aromatic carbocycles. The highest BCUT2D eigenvalue weighted by molar-refractivity contribution is 7.80. The molecule has 0 amide bonds. The van der Waals surface area contributed by atoms with Gasteiger partial charge in [-0.25, -0.2) is 44.4 Å². The number of rotatable bonds is 16. The fourth-order valence-electron chi connectivity index (χ4n) is 10.4. The number of methoxy groups -OCH3 is 6. The van der Waals surface area contributed by atoms with Crippen molar-refractivity contribution in [2.24, 2.45) is 15.9 Å². The van der Waals surface area contributed by atoms with Gasteiger partial charge < -0.3 is 59.4 Å². The van der Waals surface area contributed by atoms with Crippen LogP contribution in [0.3, 0.4) is 0 Å². The van der Waals surface area contributed by atoms with E-state index in [1.54, 1.807) is 89.0 Å². The average Bonchev–Trinajstić information content (AvgIpc) is 1.73. The number of anilines is 4. The van der Waals surface area contributed by atoms with Gasteiger partial charge in [-0.15, -0.1) is 0 Å². The lowest BCUT2D eigenvalue weighted by Crippen LogP contribution is -2.34. The number of hydrogen-bond acceptors (Lipinski definition) is 26. The number of nitrogens with one attached hydrogen (secondary N) is 3. The Kier molecular flexibility index (Phi) is 23.5. The predicted octanol–water partition coefficient (Wildman–Crippen LogP) is 11.9. The number of pyridine rings is 2. The third-order valence-corrected chi connectivity index (χ3v) is 15.9. The molecule has 1 saturated heterocycles. The van der Waals surface area contributed by atoms with E-state index in [0.717, 1.165) is 28.0 Å². The van der Waals surface area contributed by atoms with Gasteiger partial charge in [0.05, 0.1) is 59.6 Å². The third-order valence-electron chi connectivity index (χ3n) is 15.3. The maximum atomic E-state index is 13.6. The molecular weight excluding hydrogens is 1390 g/mol. The van der Waals surface area contributed by atoms with Crippen LogP contribution in [-0.4, -0.2) is 168 Å². The number of aliphatic imine (C=N–C) groups is 1. The number of nitrogens with zero attached hydrogens (tertiary/aromatic N) is 18. The molecule has 13 rings (SSSR count). The number of hydrogen-bond donors (Lipinski definition) is 5. The highest BCUT2D eigenvalue weighted by atomic mass is 32.1. The van der Waals surface area contributed by atoms with Crippen LogP contribution in [-0.2, 0) is 12.4 Å². The number of H-pyrrole nitrogens is 1. The lowest BCUT2D eigenvalue weighted by atomic mass is 10.1. The summed E-state index contributed by atoms with van der Waals surface area (Å²) in [6, 6.07) is 15.0. The zero-order valence-corrected chi connectivity index (χ0v) is 57.9. The summed E-state index contributed by atoms with van der Waals surface area (Å²) in [5.41, 5.74) is 6.83. The quantitative estimate of drug-likeness (QED) is 0.0150. The second-order valence-corrected chi connectivity index (χ2v) is 22.8. The molecule has 2 aliphatic rings. The van der Waals surface area contributed by atoms with Crippen LogP contribution in [0.1, 0.15) is 60.4 Å². The number of aromatic amines is 1. The fraction of sp³-hybridized carbons (Fsp3) is 0.277. The van der Waals surface area contributed by atoms with Crippen molar-refractivity contribution >= 4 is 64.5 Å². The largest absolute Gasteiger partial charge is 0.497 e. The lowest BCUT2D eigenvalue weighted by Gasteiger charge is -2.27. The Hall–Kier alpha value is -12.1. The first kappa shape index (κ1) is 73.6. The summed E-state index contributed by atoms with van der Waals surface area (Å²) < 4.78 is 123. The highest BCUT2D eigenvalue weighted by Gasteiger charge is 2.37. The summed E-state index contributed by atoms with van der Waals surface area (Å²) in [7, 11) is 8.77. The van der Waals surface area contributed by atoms with Crippen molar-refractivity contribution in [3.8, 4) is 80.0 Å². The molecule has 0 radical (unpaired) electrons. The number of alkyl halides is 6. The molecule has 103 heavy (non-hydrogen) atoms. The molecule has 0 saturated carbocycles. The Morgan fingerprint density at radius 1 is 0.602 bits per heavy atom. The van der Waals surface area contributed by atoms with Crippen molar-refractivity contribution in [3.05, 3.63) is 156 Å². The van der Waals surface area contributed by atoms with Gasteiger partial charge in [-0.2, -0.15) is 51.5 Å². The summed E-state index contributed by atoms with van der Waals surface area (Å²) in [5, 5.41) is 29.0. The van der Waals surface area contributed by atoms with Gasteiger partial charge in [0, 0.05) is 157 Å². The van der Waals surface area contributed by atoms with E-state index in [1.807, 2.05) is 0 Å². The molecular formula is C65H66F6N22O8S2. The van der Waals surface area contributed by atoms with Crippen LogP contribution >= 0.6 is 24.4 Å². The summed E-state index contributed by atoms with van der Waals surface area (Å²) in [5.74, 6) is 3.79. The van der Waals surface area contributed by atoms with Gasteiger partial charge in [0.1, 0.15) is 35.7 Å². The number of thiocarbonyl (C=S) groups is 1. The first-order valence-electron chi connectivity index (χ1n) is 31.0. The highest BCUT2D eigenvalue weighted by Crippen LogP contribution is 2.38. The number of fused-ring (bicyclic) bond motifs is 1. The molecule has 11 heterocycles. The number of oxime groups is 1. The number of benzene rings is 2. The Labute approximate surface area is 593 Å². The van der Waals surface area contributed by atoms with Gasteiger partial charge in [0.25, 0.3) is 0 Å². The normalized spacial score (nSPS) is 12.9. The molecule has 30 nitrogen and oxygen atoms in total. The molecule has 538 valence electrons. The number of aryl methyl sites for hydroxylation is 2. The van der Waals surface area contributed by atoms with E-state index < -0.39 is 23.7 Å². The molecule has 0 bridgehead atoms. The van der Waals surface area contributed by atoms with Crippen LogP contribution in [0.25, 0.3) is 45.3 Å². The maximum Gasteiger partial charge on any atom is 0.435 e. The smallest absolute Gasteiger partial charge is 0.435 e. The maximum absolute atomic E-state index is 13.6. The van der Waals surface area contributed by atoms with Crippen LogP contribution in [0.15, 0.2) is 138 Å². The SMILES string of the molecule is C1CCC2=NCCCN2CC1.COc1cc(Nc2ncc(-c3cnc(OC)c(-c4nc(=S)o[nH]4)c3)c(-n3nc(C(F)(F)F)cc3C)n2)cc(OC)c1.COc1cc(Nc2ncc(-c3cnc(OC)c(/C(N)=N/O)c3)c(-n3nc(C(F)(F)F)cc3C)n2)cc(OC)c1.S=C(n1ccnc1)n1ccnc1. The van der Waals surface area contributed by atoms with Crippen molar-refractivity contribution in [1.82, 2.24) is 83.6 Å². The molecule has 0 aliphatic carbocycles. The summed E-state index contributed by atoms with van der Waals surface area (Å²) >= 11 is 10.1. The van der Waals surface area contributed by atoms with Crippen molar-refractivity contribution in [3.63, 3.8) is 0 Å². The Morgan fingerprint density at radius 2 is 1.10 bits per heavy atom. The number of nitrogens with two attached hydrogens (primary N) is 1. The van der Waals surface area contributed by atoms with Gasteiger partial charge in [-0.1, -0.05) is 11.6 Å². The average molecular weight is 1460 g/mol. The van der Waals surface area contributed by atoms with Crippen molar-refractivity contribution in [2.75, 3.05) is 72.9 Å². The number of amidine groups is 2. The van der Waals surface area contributed by atoms with E-state index >= 15 is 0 Å². The van der Waals surface area contributed by atoms with E-state index in [9.17, 15) is 31.5 Å². The summed E-state index contributed by atoms with van der Waals surface area (Å²) in [4.78, 5) is 45.1. The van der Waals surface area contributed by atoms with Gasteiger partial charge in [-0.3, -0.25) is 14.1 Å². The van der Waals surface area contributed by atoms with Gasteiger partial charge in [0.2, 0.25) is 23.7 Å². The number of aromatic nitrogens is 16. The number of halogens is 6. The Bertz CT molecular complexity index is 4790. The molecule has 0 atom stereocenters. The molecule has 0 unspecified atom stereocenters. The van der Waals surface area contributed by atoms with Crippen molar-refractivity contribution in [2.45, 2.75) is 58.3 Å². The van der Waals surface area contributed by atoms with E-state index in [-0.39, 0.29) is 74.3 Å². The molecule has 11 aromatic rings. The Balaban J connectivity index is 0.000000169. The van der Waals surface area contributed by atoms with Gasteiger partial charge >= 0.3 is 17.2 Å². The monoisotopic (exact) mass is 1460 g/mol. The van der Waals surface area contributed by atoms with Gasteiger partial charge in [0.15, 0.2) is 39.8 Å². The summed E-state index contributed by atoms with van der Waals surface area (Å²) in [6.07, 6.45) is 13.2. The van der Waals surface area contributed by atoms with Crippen LogP contribution in [0.2, 0.25) is 0 Å². The van der Waals surface area contributed by atoms with E-state index in [0.29, 0.717) is 61.7 Å². The number of ether oxygens (including phenoxy) is 6. The first-order chi connectivity index (χ1) is 49.5. The molecule has 9 aromatic heterocycles. The summed E-state index contributed by atoms with van der Waals surface area (Å²) in [6.45, 7) is 6.55. The second-order valence-electron chi connectivity index (χ2n) is 22.1. The number of imidazole rings is 2. The van der Waals surface area contributed by atoms with Crippen LogP contribution in [0.4, 0.5) is 49.6 Å². The fourth-order valence-corrected chi connectivity index (χ4v) is 10.7. The molecule has 1 fully saturated rings. The van der Waals surface area contributed by atoms with Crippen LogP contribution in [0.5, 0.6) is 34.8 Å². The van der Waals surface area contributed by atoms with E-state index in [1.165, 1.54) is 138 Å².